The Morgan fingerprint density at radius 1 is 1.25 bits per heavy atom. The predicted octanol–water partition coefficient (Wildman–Crippen LogP) is 2.90. The Labute approximate surface area is 165 Å². The van der Waals surface area contributed by atoms with Gasteiger partial charge in [0.1, 0.15) is 0 Å². The first kappa shape index (κ1) is 18.0. The molecule has 28 heavy (non-hydrogen) atoms. The van der Waals surface area contributed by atoms with Crippen molar-refractivity contribution in [2.45, 2.75) is 13.1 Å². The Hall–Kier alpha value is -3.39. The first-order chi connectivity index (χ1) is 13.6. The average molecular weight is 395 g/mol. The Morgan fingerprint density at radius 3 is 2.89 bits per heavy atom. The lowest BCUT2D eigenvalue weighted by Crippen LogP contribution is -2.24. The van der Waals surface area contributed by atoms with E-state index in [1.165, 1.54) is 4.57 Å². The number of aromatic nitrogens is 2. The van der Waals surface area contributed by atoms with Gasteiger partial charge in [0.25, 0.3) is 11.5 Å². The second-order valence-electron chi connectivity index (χ2n) is 6.27. The van der Waals surface area contributed by atoms with E-state index in [4.69, 9.17) is 21.7 Å². The van der Waals surface area contributed by atoms with E-state index in [-0.39, 0.29) is 23.0 Å². The number of ether oxygens (including phenoxy) is 2. The maximum atomic E-state index is 12.5. The topological polar surface area (TPSA) is 85.3 Å². The van der Waals surface area contributed by atoms with Crippen molar-refractivity contribution < 1.29 is 14.3 Å². The van der Waals surface area contributed by atoms with E-state index in [1.54, 1.807) is 24.3 Å². The number of benzene rings is 2. The van der Waals surface area contributed by atoms with Crippen LogP contribution >= 0.6 is 12.2 Å². The molecule has 2 heterocycles. The summed E-state index contributed by atoms with van der Waals surface area (Å²) in [7, 11) is 0. The van der Waals surface area contributed by atoms with E-state index in [0.29, 0.717) is 41.1 Å². The van der Waals surface area contributed by atoms with Crippen molar-refractivity contribution in [2.24, 2.45) is 0 Å². The molecule has 0 fully saturated rings. The van der Waals surface area contributed by atoms with Crippen molar-refractivity contribution in [1.29, 1.82) is 0 Å². The van der Waals surface area contributed by atoms with Gasteiger partial charge in [-0.15, -0.1) is 6.58 Å². The van der Waals surface area contributed by atoms with Crippen LogP contribution in [-0.4, -0.2) is 22.3 Å². The lowest BCUT2D eigenvalue weighted by molar-refractivity contribution is 0.0951. The summed E-state index contributed by atoms with van der Waals surface area (Å²) in [4.78, 5) is 28.1. The van der Waals surface area contributed by atoms with Crippen LogP contribution in [0.5, 0.6) is 11.5 Å². The quantitative estimate of drug-likeness (QED) is 0.513. The number of nitrogens with one attached hydrogen (secondary N) is 2. The molecule has 0 saturated heterocycles. The molecule has 2 N–H and O–H groups in total. The van der Waals surface area contributed by atoms with Crippen molar-refractivity contribution in [3.05, 3.63) is 75.3 Å². The molecule has 3 aromatic rings. The van der Waals surface area contributed by atoms with E-state index >= 15 is 0 Å². The van der Waals surface area contributed by atoms with Gasteiger partial charge in [-0.05, 0) is 48.1 Å². The molecule has 1 amide bonds. The molecule has 0 bridgehead atoms. The average Bonchev–Trinajstić information content (AvgIpc) is 3.16. The number of nitrogens with zero attached hydrogens (tertiary/aromatic N) is 1. The molecule has 2 aromatic carbocycles. The molecule has 0 spiro atoms. The standard InChI is InChI=1S/C20H17N3O4S/c1-2-7-23-19(25)14-5-4-13(9-15(14)22-20(23)28)18(24)21-10-12-3-6-16-17(8-12)27-11-26-16/h2-6,8-9H,1,7,10-11H2,(H,21,24)(H,22,28). The SMILES string of the molecule is C=CCn1c(=S)[nH]c2cc(C(=O)NCc3ccc4c(c3)OCO4)ccc2c1=O. The minimum atomic E-state index is -0.255. The number of fused-ring (bicyclic) bond motifs is 2. The Morgan fingerprint density at radius 2 is 2.07 bits per heavy atom. The predicted molar refractivity (Wildman–Crippen MR) is 107 cm³/mol. The number of hydrogen-bond donors (Lipinski definition) is 2. The lowest BCUT2D eigenvalue weighted by Gasteiger charge is -2.09. The second-order valence-corrected chi connectivity index (χ2v) is 6.65. The van der Waals surface area contributed by atoms with Gasteiger partial charge in [0.15, 0.2) is 16.3 Å². The van der Waals surface area contributed by atoms with Gasteiger partial charge in [-0.25, -0.2) is 0 Å². The summed E-state index contributed by atoms with van der Waals surface area (Å²) in [6.07, 6.45) is 1.61. The number of allylic oxidation sites excluding steroid dienone is 1. The van der Waals surface area contributed by atoms with Crippen molar-refractivity contribution in [3.63, 3.8) is 0 Å². The summed E-state index contributed by atoms with van der Waals surface area (Å²) in [6.45, 7) is 4.50. The summed E-state index contributed by atoms with van der Waals surface area (Å²) < 4.78 is 12.3. The van der Waals surface area contributed by atoms with Crippen LogP contribution in [0.2, 0.25) is 0 Å². The van der Waals surface area contributed by atoms with Crippen molar-refractivity contribution >= 4 is 29.0 Å². The van der Waals surface area contributed by atoms with E-state index in [9.17, 15) is 9.59 Å². The van der Waals surface area contributed by atoms with Crippen molar-refractivity contribution in [1.82, 2.24) is 14.9 Å². The Balaban J connectivity index is 1.56. The van der Waals surface area contributed by atoms with Gasteiger partial charge in [-0.1, -0.05) is 12.1 Å². The number of rotatable bonds is 5. The van der Waals surface area contributed by atoms with Gasteiger partial charge in [0, 0.05) is 18.7 Å². The Kier molecular flexibility index (Phi) is 4.70. The molecule has 7 nitrogen and oxygen atoms in total. The molecule has 0 aliphatic carbocycles. The van der Waals surface area contributed by atoms with Crippen molar-refractivity contribution in [3.8, 4) is 11.5 Å². The van der Waals surface area contributed by atoms with Crippen LogP contribution in [0.3, 0.4) is 0 Å². The van der Waals surface area contributed by atoms with Crippen LogP contribution in [-0.2, 0) is 13.1 Å². The highest BCUT2D eigenvalue weighted by Gasteiger charge is 2.14. The third kappa shape index (κ3) is 3.29. The lowest BCUT2D eigenvalue weighted by atomic mass is 10.1. The number of carbonyl (C=O) groups excluding carboxylic acids is 1. The molecule has 0 atom stereocenters. The summed E-state index contributed by atoms with van der Waals surface area (Å²) in [5.41, 5.74) is 1.63. The fourth-order valence-electron chi connectivity index (χ4n) is 3.03. The van der Waals surface area contributed by atoms with Gasteiger partial charge < -0.3 is 19.8 Å². The van der Waals surface area contributed by atoms with Crippen molar-refractivity contribution in [2.75, 3.05) is 6.79 Å². The van der Waals surface area contributed by atoms with Gasteiger partial charge in [0.2, 0.25) is 6.79 Å². The first-order valence-electron chi connectivity index (χ1n) is 8.61. The van der Waals surface area contributed by atoms with Crippen LogP contribution in [0.1, 0.15) is 15.9 Å². The summed E-state index contributed by atoms with van der Waals surface area (Å²) in [5, 5.41) is 3.32. The third-order valence-corrected chi connectivity index (χ3v) is 4.77. The molecule has 1 aliphatic heterocycles. The molecule has 0 unspecified atom stereocenters. The van der Waals surface area contributed by atoms with Gasteiger partial charge in [0.05, 0.1) is 10.9 Å². The number of amides is 1. The highest BCUT2D eigenvalue weighted by molar-refractivity contribution is 7.71. The molecule has 4 rings (SSSR count). The number of hydrogen-bond acceptors (Lipinski definition) is 5. The molecule has 142 valence electrons. The van der Waals surface area contributed by atoms with Crippen LogP contribution < -0.4 is 20.3 Å². The first-order valence-corrected chi connectivity index (χ1v) is 9.02. The minimum Gasteiger partial charge on any atom is -0.454 e. The van der Waals surface area contributed by atoms with Gasteiger partial charge in [-0.2, -0.15) is 0 Å². The largest absolute Gasteiger partial charge is 0.454 e. The van der Waals surface area contributed by atoms with E-state index in [1.807, 2.05) is 18.2 Å². The molecule has 8 heteroatoms. The normalized spacial score (nSPS) is 12.1. The maximum Gasteiger partial charge on any atom is 0.262 e. The number of carbonyl (C=O) groups is 1. The van der Waals surface area contributed by atoms with E-state index < -0.39 is 0 Å². The molecule has 0 saturated carbocycles. The van der Waals surface area contributed by atoms with Gasteiger partial charge >= 0.3 is 0 Å². The van der Waals surface area contributed by atoms with Gasteiger partial charge in [-0.3, -0.25) is 14.2 Å². The Bertz CT molecular complexity index is 1210. The zero-order chi connectivity index (χ0) is 19.7. The minimum absolute atomic E-state index is 0.206. The summed E-state index contributed by atoms with van der Waals surface area (Å²) in [5.74, 6) is 1.11. The summed E-state index contributed by atoms with van der Waals surface area (Å²) >= 11 is 5.23. The highest BCUT2D eigenvalue weighted by Crippen LogP contribution is 2.32. The highest BCUT2D eigenvalue weighted by atomic mass is 32.1. The summed E-state index contributed by atoms with van der Waals surface area (Å²) in [6, 6.07) is 10.4. The zero-order valence-electron chi connectivity index (χ0n) is 14.9. The molecule has 1 aromatic heterocycles. The van der Waals surface area contributed by atoms with E-state index in [2.05, 4.69) is 16.9 Å². The van der Waals surface area contributed by atoms with Crippen LogP contribution in [0.25, 0.3) is 10.9 Å². The second kappa shape index (κ2) is 7.32. The molecular formula is C20H17N3O4S. The number of H-pyrrole nitrogens is 1. The molecule has 1 aliphatic rings. The third-order valence-electron chi connectivity index (χ3n) is 4.45. The fourth-order valence-corrected chi connectivity index (χ4v) is 3.29. The maximum absolute atomic E-state index is 12.5. The fraction of sp³-hybridized carbons (Fsp3) is 0.150. The van der Waals surface area contributed by atoms with Crippen LogP contribution in [0.15, 0.2) is 53.8 Å². The van der Waals surface area contributed by atoms with Crippen LogP contribution in [0, 0.1) is 4.77 Å². The zero-order valence-corrected chi connectivity index (χ0v) is 15.7. The smallest absolute Gasteiger partial charge is 0.262 e. The molecule has 0 radical (unpaired) electrons. The molecular weight excluding hydrogens is 378 g/mol. The van der Waals surface area contributed by atoms with E-state index in [0.717, 1.165) is 5.56 Å². The number of aromatic amines is 1. The monoisotopic (exact) mass is 395 g/mol. The van der Waals surface area contributed by atoms with Crippen LogP contribution in [0.4, 0.5) is 0 Å².